The van der Waals surface area contributed by atoms with Gasteiger partial charge in [0, 0.05) is 0 Å². The van der Waals surface area contributed by atoms with Gasteiger partial charge in [0.15, 0.2) is 0 Å². The molecule has 1 aliphatic carbocycles. The maximum Gasteiger partial charge on any atom is 0.311 e. The largest absolute Gasteiger partial charge is 0.465 e. The Kier molecular flexibility index (Phi) is 5.16. The van der Waals surface area contributed by atoms with Crippen LogP contribution in [0.2, 0.25) is 0 Å². The van der Waals surface area contributed by atoms with E-state index in [0.717, 1.165) is 18.4 Å². The highest BCUT2D eigenvalue weighted by atomic mass is 16.5. The van der Waals surface area contributed by atoms with E-state index in [2.05, 4.69) is 0 Å². The number of aliphatic hydroxyl groups is 1. The van der Waals surface area contributed by atoms with Crippen LogP contribution in [0, 0.1) is 5.92 Å². The lowest BCUT2D eigenvalue weighted by Gasteiger charge is -2.12. The zero-order chi connectivity index (χ0) is 13.5. The Morgan fingerprint density at radius 1 is 1.32 bits per heavy atom. The Morgan fingerprint density at radius 2 is 2.11 bits per heavy atom. The molecule has 3 nitrogen and oxygen atoms in total. The van der Waals surface area contributed by atoms with Crippen LogP contribution in [0.4, 0.5) is 0 Å². The summed E-state index contributed by atoms with van der Waals surface area (Å²) < 4.78 is 5.18. The van der Waals surface area contributed by atoms with Crippen molar-refractivity contribution < 1.29 is 14.6 Å². The van der Waals surface area contributed by atoms with Gasteiger partial charge in [-0.2, -0.15) is 0 Å². The SMILES string of the molecule is O=C(OCCC=Cc1ccccc1)C1CCCC1O. The molecule has 2 atom stereocenters. The molecule has 19 heavy (non-hydrogen) atoms. The first-order valence-electron chi connectivity index (χ1n) is 6.83. The second-order valence-corrected chi connectivity index (χ2v) is 4.87. The summed E-state index contributed by atoms with van der Waals surface area (Å²) >= 11 is 0. The molecule has 1 saturated carbocycles. The summed E-state index contributed by atoms with van der Waals surface area (Å²) in [6.07, 6.45) is 6.57. The smallest absolute Gasteiger partial charge is 0.311 e. The first-order valence-corrected chi connectivity index (χ1v) is 6.83. The van der Waals surface area contributed by atoms with Gasteiger partial charge in [0.1, 0.15) is 0 Å². The minimum Gasteiger partial charge on any atom is -0.465 e. The van der Waals surface area contributed by atoms with Crippen LogP contribution in [0.1, 0.15) is 31.2 Å². The van der Waals surface area contributed by atoms with E-state index in [-0.39, 0.29) is 11.9 Å². The fraction of sp³-hybridized carbons (Fsp3) is 0.438. The minimum atomic E-state index is -0.507. The molecule has 0 radical (unpaired) electrons. The number of carbonyl (C=O) groups is 1. The lowest BCUT2D eigenvalue weighted by atomic mass is 10.1. The molecule has 1 aromatic carbocycles. The van der Waals surface area contributed by atoms with Crippen LogP contribution in [-0.2, 0) is 9.53 Å². The molecule has 1 aliphatic rings. The number of benzene rings is 1. The van der Waals surface area contributed by atoms with Crippen LogP contribution < -0.4 is 0 Å². The van der Waals surface area contributed by atoms with Crippen LogP contribution in [0.25, 0.3) is 6.08 Å². The maximum absolute atomic E-state index is 11.7. The summed E-state index contributed by atoms with van der Waals surface area (Å²) in [6.45, 7) is 0.380. The number of carbonyl (C=O) groups excluding carboxylic acids is 1. The highest BCUT2D eigenvalue weighted by Crippen LogP contribution is 2.26. The zero-order valence-electron chi connectivity index (χ0n) is 11.0. The van der Waals surface area contributed by atoms with Crippen molar-refractivity contribution in [3.8, 4) is 0 Å². The number of hydrogen-bond donors (Lipinski definition) is 1. The van der Waals surface area contributed by atoms with Gasteiger partial charge in [0.25, 0.3) is 0 Å². The Balaban J connectivity index is 1.67. The Labute approximate surface area is 113 Å². The molecular weight excluding hydrogens is 240 g/mol. The van der Waals surface area contributed by atoms with Gasteiger partial charge < -0.3 is 9.84 Å². The first kappa shape index (κ1) is 13.8. The Hall–Kier alpha value is -1.61. The van der Waals surface area contributed by atoms with Crippen molar-refractivity contribution in [3.05, 3.63) is 42.0 Å². The average Bonchev–Trinajstić information content (AvgIpc) is 2.86. The van der Waals surface area contributed by atoms with Crippen LogP contribution in [-0.4, -0.2) is 23.8 Å². The van der Waals surface area contributed by atoms with Crippen molar-refractivity contribution in [2.24, 2.45) is 5.92 Å². The van der Waals surface area contributed by atoms with Gasteiger partial charge in [-0.05, 0) is 31.2 Å². The van der Waals surface area contributed by atoms with E-state index < -0.39 is 6.10 Å². The molecule has 2 rings (SSSR count). The Bertz CT molecular complexity index is 425. The topological polar surface area (TPSA) is 46.5 Å². The second kappa shape index (κ2) is 7.10. The molecule has 0 aliphatic heterocycles. The number of rotatable bonds is 5. The van der Waals surface area contributed by atoms with Crippen molar-refractivity contribution in [1.82, 2.24) is 0 Å². The van der Waals surface area contributed by atoms with Crippen LogP contribution in [0.5, 0.6) is 0 Å². The summed E-state index contributed by atoms with van der Waals surface area (Å²) in [6, 6.07) is 10.0. The molecule has 1 aromatic rings. The van der Waals surface area contributed by atoms with Gasteiger partial charge in [-0.15, -0.1) is 0 Å². The number of esters is 1. The predicted octanol–water partition coefficient (Wildman–Crippen LogP) is 2.79. The van der Waals surface area contributed by atoms with Crippen molar-refractivity contribution in [2.45, 2.75) is 31.8 Å². The monoisotopic (exact) mass is 260 g/mol. The van der Waals surface area contributed by atoms with E-state index in [1.54, 1.807) is 0 Å². The van der Waals surface area contributed by atoms with E-state index in [1.807, 2.05) is 42.5 Å². The van der Waals surface area contributed by atoms with Crippen molar-refractivity contribution in [1.29, 1.82) is 0 Å². The molecule has 0 amide bonds. The zero-order valence-corrected chi connectivity index (χ0v) is 11.0. The van der Waals surface area contributed by atoms with Crippen LogP contribution >= 0.6 is 0 Å². The number of ether oxygens (including phenoxy) is 1. The van der Waals surface area contributed by atoms with Gasteiger partial charge >= 0.3 is 5.97 Å². The molecule has 1 N–H and O–H groups in total. The van der Waals surface area contributed by atoms with Gasteiger partial charge in [-0.3, -0.25) is 4.79 Å². The van der Waals surface area contributed by atoms with Gasteiger partial charge in [0.05, 0.1) is 18.6 Å². The third kappa shape index (κ3) is 4.21. The van der Waals surface area contributed by atoms with Gasteiger partial charge in [-0.25, -0.2) is 0 Å². The van der Waals surface area contributed by atoms with E-state index in [4.69, 9.17) is 4.74 Å². The Morgan fingerprint density at radius 3 is 2.79 bits per heavy atom. The third-order valence-electron chi connectivity index (χ3n) is 3.42. The molecule has 3 heteroatoms. The normalized spacial score (nSPS) is 22.8. The molecule has 102 valence electrons. The molecule has 2 unspecified atom stereocenters. The van der Waals surface area contributed by atoms with E-state index in [9.17, 15) is 9.90 Å². The fourth-order valence-corrected chi connectivity index (χ4v) is 2.33. The standard InChI is InChI=1S/C16H20O3/c17-15-11-6-10-14(15)16(18)19-12-5-4-9-13-7-2-1-3-8-13/h1-4,7-9,14-15,17H,5-6,10-12H2. The predicted molar refractivity (Wildman–Crippen MR) is 74.4 cm³/mol. The summed E-state index contributed by atoms with van der Waals surface area (Å²) in [4.78, 5) is 11.7. The lowest BCUT2D eigenvalue weighted by molar-refractivity contribution is -0.151. The molecular formula is C16H20O3. The summed E-state index contributed by atoms with van der Waals surface area (Å²) in [5.74, 6) is -0.559. The van der Waals surface area contributed by atoms with Gasteiger partial charge in [0.2, 0.25) is 0 Å². The van der Waals surface area contributed by atoms with Crippen molar-refractivity contribution in [2.75, 3.05) is 6.61 Å². The summed E-state index contributed by atoms with van der Waals surface area (Å²) in [7, 11) is 0. The molecule has 1 fully saturated rings. The maximum atomic E-state index is 11.7. The molecule has 0 aromatic heterocycles. The third-order valence-corrected chi connectivity index (χ3v) is 3.42. The summed E-state index contributed by atoms with van der Waals surface area (Å²) in [5.41, 5.74) is 1.14. The molecule has 0 bridgehead atoms. The van der Waals surface area contributed by atoms with Crippen LogP contribution in [0.3, 0.4) is 0 Å². The second-order valence-electron chi connectivity index (χ2n) is 4.87. The fourth-order valence-electron chi connectivity index (χ4n) is 2.33. The lowest BCUT2D eigenvalue weighted by Crippen LogP contribution is -2.25. The molecule has 0 spiro atoms. The molecule has 0 heterocycles. The van der Waals surface area contributed by atoms with E-state index in [0.29, 0.717) is 19.4 Å². The van der Waals surface area contributed by atoms with E-state index >= 15 is 0 Å². The number of aliphatic hydroxyl groups excluding tert-OH is 1. The first-order chi connectivity index (χ1) is 9.27. The van der Waals surface area contributed by atoms with E-state index in [1.165, 1.54) is 0 Å². The molecule has 0 saturated heterocycles. The van der Waals surface area contributed by atoms with Crippen molar-refractivity contribution in [3.63, 3.8) is 0 Å². The minimum absolute atomic E-state index is 0.252. The van der Waals surface area contributed by atoms with Crippen molar-refractivity contribution >= 4 is 12.0 Å². The quantitative estimate of drug-likeness (QED) is 0.654. The van der Waals surface area contributed by atoms with Gasteiger partial charge in [-0.1, -0.05) is 42.5 Å². The number of hydrogen-bond acceptors (Lipinski definition) is 3. The van der Waals surface area contributed by atoms with Crippen LogP contribution in [0.15, 0.2) is 36.4 Å². The summed E-state index contributed by atoms with van der Waals surface area (Å²) in [5, 5.41) is 9.60. The highest BCUT2D eigenvalue weighted by molar-refractivity contribution is 5.73. The highest BCUT2D eigenvalue weighted by Gasteiger charge is 2.32. The average molecular weight is 260 g/mol.